The van der Waals surface area contributed by atoms with Gasteiger partial charge in [0.2, 0.25) is 0 Å². The number of rotatable bonds is 4. The summed E-state index contributed by atoms with van der Waals surface area (Å²) in [5.74, 6) is 1.78. The highest BCUT2D eigenvalue weighted by Gasteiger charge is 2.24. The summed E-state index contributed by atoms with van der Waals surface area (Å²) >= 11 is 0. The van der Waals surface area contributed by atoms with Crippen molar-refractivity contribution in [3.63, 3.8) is 0 Å². The monoisotopic (exact) mass is 231 g/mol. The van der Waals surface area contributed by atoms with Gasteiger partial charge in [0.15, 0.2) is 11.3 Å². The fourth-order valence-corrected chi connectivity index (χ4v) is 2.12. The van der Waals surface area contributed by atoms with Crippen molar-refractivity contribution in [3.8, 4) is 5.75 Å². The van der Waals surface area contributed by atoms with Gasteiger partial charge in [-0.3, -0.25) is 0 Å². The molecular weight excluding hydrogens is 214 g/mol. The maximum atomic E-state index is 5.89. The summed E-state index contributed by atoms with van der Waals surface area (Å²) in [6.45, 7) is 2.14. The molecule has 0 amide bonds. The van der Waals surface area contributed by atoms with E-state index < -0.39 is 0 Å². The Balaban J connectivity index is 1.94. The van der Waals surface area contributed by atoms with E-state index in [2.05, 4.69) is 24.4 Å². The Hall–Kier alpha value is -1.48. The Morgan fingerprint density at radius 1 is 1.41 bits per heavy atom. The summed E-state index contributed by atoms with van der Waals surface area (Å²) in [6, 6.07) is 9.00. The van der Waals surface area contributed by atoms with E-state index in [1.165, 1.54) is 12.8 Å². The van der Waals surface area contributed by atoms with Gasteiger partial charge >= 0.3 is 0 Å². The predicted molar refractivity (Wildman–Crippen MR) is 67.3 cm³/mol. The predicted octanol–water partition coefficient (Wildman–Crippen LogP) is 3.25. The molecule has 1 heterocycles. The maximum absolute atomic E-state index is 5.89. The maximum Gasteiger partial charge on any atom is 0.176 e. The van der Waals surface area contributed by atoms with Crippen LogP contribution in [0, 0.1) is 0 Å². The second kappa shape index (κ2) is 4.08. The third-order valence-electron chi connectivity index (χ3n) is 3.24. The second-order valence-electron chi connectivity index (χ2n) is 4.69. The summed E-state index contributed by atoms with van der Waals surface area (Å²) in [4.78, 5) is 0. The fraction of sp³-hybridized carbons (Fsp3) is 0.429. The zero-order valence-corrected chi connectivity index (χ0v) is 10.2. The molecule has 1 aromatic carbocycles. The van der Waals surface area contributed by atoms with E-state index in [4.69, 9.17) is 9.15 Å². The number of nitrogens with one attached hydrogen (secondary N) is 1. The lowest BCUT2D eigenvalue weighted by Gasteiger charge is -2.09. The van der Waals surface area contributed by atoms with E-state index >= 15 is 0 Å². The third kappa shape index (κ3) is 2.03. The Morgan fingerprint density at radius 2 is 2.24 bits per heavy atom. The van der Waals surface area contributed by atoms with Gasteiger partial charge in [0.25, 0.3) is 0 Å². The van der Waals surface area contributed by atoms with E-state index in [1.54, 1.807) is 7.11 Å². The van der Waals surface area contributed by atoms with Gasteiger partial charge in [-0.05, 0) is 31.9 Å². The van der Waals surface area contributed by atoms with Gasteiger partial charge in [-0.25, -0.2) is 0 Å². The molecule has 1 unspecified atom stereocenters. The van der Waals surface area contributed by atoms with Gasteiger partial charge in [-0.2, -0.15) is 0 Å². The molecule has 1 aromatic heterocycles. The van der Waals surface area contributed by atoms with Crippen LogP contribution in [0.1, 0.15) is 31.6 Å². The van der Waals surface area contributed by atoms with Crippen molar-refractivity contribution in [2.45, 2.75) is 31.8 Å². The van der Waals surface area contributed by atoms with Crippen LogP contribution in [0.3, 0.4) is 0 Å². The summed E-state index contributed by atoms with van der Waals surface area (Å²) in [6.07, 6.45) is 2.57. The van der Waals surface area contributed by atoms with Crippen LogP contribution in [0.5, 0.6) is 5.75 Å². The number of para-hydroxylation sites is 1. The minimum Gasteiger partial charge on any atom is -0.493 e. The Bertz CT molecular complexity index is 528. The van der Waals surface area contributed by atoms with Crippen molar-refractivity contribution in [2.24, 2.45) is 0 Å². The number of hydrogen-bond donors (Lipinski definition) is 1. The van der Waals surface area contributed by atoms with Gasteiger partial charge < -0.3 is 14.5 Å². The molecule has 3 rings (SSSR count). The molecule has 1 N–H and O–H groups in total. The molecule has 2 aromatic rings. The lowest BCUT2D eigenvalue weighted by Crippen LogP contribution is -2.20. The van der Waals surface area contributed by atoms with Crippen molar-refractivity contribution >= 4 is 11.0 Å². The molecule has 1 atom stereocenters. The van der Waals surface area contributed by atoms with Crippen LogP contribution in [0.2, 0.25) is 0 Å². The SMILES string of the molecule is COc1cccc2cc(C(C)NC3CC3)oc12. The lowest BCUT2D eigenvalue weighted by molar-refractivity contribution is 0.399. The summed E-state index contributed by atoms with van der Waals surface area (Å²) in [7, 11) is 1.67. The van der Waals surface area contributed by atoms with Crippen LogP contribution < -0.4 is 10.1 Å². The standard InChI is InChI=1S/C14H17NO2/c1-9(15-11-6-7-11)13-8-10-4-3-5-12(16-2)14(10)17-13/h3-5,8-9,11,15H,6-7H2,1-2H3. The second-order valence-corrected chi connectivity index (χ2v) is 4.69. The van der Waals surface area contributed by atoms with Crippen molar-refractivity contribution in [3.05, 3.63) is 30.0 Å². The summed E-state index contributed by atoms with van der Waals surface area (Å²) in [5, 5.41) is 4.63. The zero-order valence-electron chi connectivity index (χ0n) is 10.2. The number of benzene rings is 1. The molecule has 0 aliphatic heterocycles. The first-order valence-electron chi connectivity index (χ1n) is 6.10. The van der Waals surface area contributed by atoms with Crippen LogP contribution in [0.4, 0.5) is 0 Å². The first-order valence-corrected chi connectivity index (χ1v) is 6.10. The molecule has 0 spiro atoms. The molecule has 3 nitrogen and oxygen atoms in total. The van der Waals surface area contributed by atoms with Gasteiger partial charge in [0, 0.05) is 11.4 Å². The molecule has 1 aliphatic rings. The Kier molecular flexibility index (Phi) is 2.56. The Morgan fingerprint density at radius 3 is 2.94 bits per heavy atom. The first kappa shape index (κ1) is 10.7. The minimum absolute atomic E-state index is 0.264. The van der Waals surface area contributed by atoms with Gasteiger partial charge in [-0.15, -0.1) is 0 Å². The number of fused-ring (bicyclic) bond motifs is 1. The van der Waals surface area contributed by atoms with Crippen molar-refractivity contribution in [2.75, 3.05) is 7.11 Å². The van der Waals surface area contributed by atoms with Gasteiger partial charge in [-0.1, -0.05) is 12.1 Å². The molecule has 1 saturated carbocycles. The summed E-state index contributed by atoms with van der Waals surface area (Å²) in [5.41, 5.74) is 0.842. The van der Waals surface area contributed by atoms with Crippen LogP contribution in [-0.2, 0) is 0 Å². The highest BCUT2D eigenvalue weighted by atomic mass is 16.5. The Labute approximate surface area is 101 Å². The highest BCUT2D eigenvalue weighted by molar-refractivity contribution is 5.83. The van der Waals surface area contributed by atoms with E-state index in [-0.39, 0.29) is 6.04 Å². The summed E-state index contributed by atoms with van der Waals surface area (Å²) < 4.78 is 11.2. The third-order valence-corrected chi connectivity index (χ3v) is 3.24. The van der Waals surface area contributed by atoms with Crippen LogP contribution >= 0.6 is 0 Å². The van der Waals surface area contributed by atoms with Crippen LogP contribution in [0.15, 0.2) is 28.7 Å². The first-order chi connectivity index (χ1) is 8.28. The van der Waals surface area contributed by atoms with Crippen molar-refractivity contribution in [1.29, 1.82) is 0 Å². The smallest absolute Gasteiger partial charge is 0.176 e. The van der Waals surface area contributed by atoms with E-state index in [0.717, 1.165) is 22.5 Å². The topological polar surface area (TPSA) is 34.4 Å². The normalized spacial score (nSPS) is 17.3. The van der Waals surface area contributed by atoms with Gasteiger partial charge in [0.05, 0.1) is 13.2 Å². The molecule has 0 bridgehead atoms. The highest BCUT2D eigenvalue weighted by Crippen LogP contribution is 2.32. The number of hydrogen-bond acceptors (Lipinski definition) is 3. The van der Waals surface area contributed by atoms with Crippen LogP contribution in [0.25, 0.3) is 11.0 Å². The molecule has 1 fully saturated rings. The largest absolute Gasteiger partial charge is 0.493 e. The molecule has 0 radical (unpaired) electrons. The van der Waals surface area contributed by atoms with Crippen molar-refractivity contribution in [1.82, 2.24) is 5.32 Å². The van der Waals surface area contributed by atoms with E-state index in [1.807, 2.05) is 12.1 Å². The number of methoxy groups -OCH3 is 1. The molecule has 3 heteroatoms. The lowest BCUT2D eigenvalue weighted by atomic mass is 10.2. The molecule has 90 valence electrons. The number of furan rings is 1. The van der Waals surface area contributed by atoms with Crippen molar-refractivity contribution < 1.29 is 9.15 Å². The quantitative estimate of drug-likeness (QED) is 0.877. The average Bonchev–Trinajstić information content (AvgIpc) is 3.04. The van der Waals surface area contributed by atoms with E-state index in [0.29, 0.717) is 6.04 Å². The molecule has 0 saturated heterocycles. The average molecular weight is 231 g/mol. The zero-order chi connectivity index (χ0) is 11.8. The molecule has 1 aliphatic carbocycles. The molecular formula is C14H17NO2. The van der Waals surface area contributed by atoms with E-state index in [9.17, 15) is 0 Å². The number of ether oxygens (including phenoxy) is 1. The van der Waals surface area contributed by atoms with Crippen LogP contribution in [-0.4, -0.2) is 13.2 Å². The molecule has 17 heavy (non-hydrogen) atoms. The van der Waals surface area contributed by atoms with Gasteiger partial charge in [0.1, 0.15) is 5.76 Å². The fourth-order valence-electron chi connectivity index (χ4n) is 2.12. The minimum atomic E-state index is 0.264.